The number of rotatable bonds is 4. The van der Waals surface area contributed by atoms with Gasteiger partial charge in [-0.05, 0) is 31.2 Å². The first-order valence-electron chi connectivity index (χ1n) is 5.73. The monoisotopic (exact) mass is 244 g/mol. The minimum atomic E-state index is -0.368. The smallest absolute Gasteiger partial charge is 0.150 e. The maximum Gasteiger partial charge on any atom is 0.150 e. The van der Waals surface area contributed by atoms with E-state index in [1.54, 1.807) is 12.1 Å². The molecule has 0 saturated carbocycles. The van der Waals surface area contributed by atoms with Gasteiger partial charge in [0.2, 0.25) is 0 Å². The Balaban J connectivity index is 2.57. The summed E-state index contributed by atoms with van der Waals surface area (Å²) in [4.78, 5) is 10.8. The molecule has 0 aliphatic rings. The summed E-state index contributed by atoms with van der Waals surface area (Å²) < 4.78 is 19.3. The Morgan fingerprint density at radius 3 is 2.67 bits per heavy atom. The Kier molecular flexibility index (Phi) is 3.72. The molecule has 0 amide bonds. The van der Waals surface area contributed by atoms with Crippen LogP contribution in [0.5, 0.6) is 5.75 Å². The van der Waals surface area contributed by atoms with Gasteiger partial charge < -0.3 is 4.74 Å². The molecule has 0 atom stereocenters. The molecule has 92 valence electrons. The largest absolute Gasteiger partial charge is 0.493 e. The molecular weight excluding hydrogens is 231 g/mol. The number of hydrogen-bond donors (Lipinski definition) is 0. The van der Waals surface area contributed by atoms with Crippen molar-refractivity contribution in [2.24, 2.45) is 0 Å². The molecule has 2 aromatic carbocycles. The Morgan fingerprint density at radius 1 is 1.17 bits per heavy atom. The summed E-state index contributed by atoms with van der Waals surface area (Å²) in [6, 6.07) is 11.5. The van der Waals surface area contributed by atoms with E-state index in [2.05, 4.69) is 0 Å². The predicted molar refractivity (Wildman–Crippen MR) is 68.4 cm³/mol. The Hall–Kier alpha value is -2.16. The molecule has 0 bridgehead atoms. The lowest BCUT2D eigenvalue weighted by Crippen LogP contribution is -1.95. The van der Waals surface area contributed by atoms with E-state index < -0.39 is 0 Å². The standard InChI is InChI=1S/C15H13FO2/c1-2-18-15-6-4-3-5-12(15)13-9-11(10-17)7-8-14(13)16/h3-10H,2H2,1H3. The maximum absolute atomic E-state index is 13.8. The van der Waals surface area contributed by atoms with E-state index in [0.29, 0.717) is 35.3 Å². The fraction of sp³-hybridized carbons (Fsp3) is 0.133. The van der Waals surface area contributed by atoms with Crippen LogP contribution in [0.3, 0.4) is 0 Å². The second kappa shape index (κ2) is 5.45. The number of benzene rings is 2. The summed E-state index contributed by atoms with van der Waals surface area (Å²) in [5, 5.41) is 0. The van der Waals surface area contributed by atoms with Gasteiger partial charge >= 0.3 is 0 Å². The number of carbonyl (C=O) groups excluding carboxylic acids is 1. The number of hydrogen-bond acceptors (Lipinski definition) is 2. The Labute approximate surface area is 105 Å². The number of halogens is 1. The van der Waals surface area contributed by atoms with Crippen molar-refractivity contribution in [2.75, 3.05) is 6.61 Å². The summed E-state index contributed by atoms with van der Waals surface area (Å²) >= 11 is 0. The first kappa shape index (κ1) is 12.3. The van der Waals surface area contributed by atoms with Gasteiger partial charge in [0.05, 0.1) is 6.61 Å². The lowest BCUT2D eigenvalue weighted by molar-refractivity contribution is 0.112. The third-order valence-corrected chi connectivity index (χ3v) is 2.60. The van der Waals surface area contributed by atoms with Crippen LogP contribution >= 0.6 is 0 Å². The number of carbonyl (C=O) groups is 1. The van der Waals surface area contributed by atoms with Crippen molar-refractivity contribution in [3.63, 3.8) is 0 Å². The van der Waals surface area contributed by atoms with Gasteiger partial charge in [-0.1, -0.05) is 18.2 Å². The van der Waals surface area contributed by atoms with Crippen molar-refractivity contribution in [1.82, 2.24) is 0 Å². The van der Waals surface area contributed by atoms with Gasteiger partial charge in [-0.15, -0.1) is 0 Å². The molecule has 0 saturated heterocycles. The van der Waals surface area contributed by atoms with E-state index in [-0.39, 0.29) is 5.82 Å². The molecule has 2 nitrogen and oxygen atoms in total. The molecule has 18 heavy (non-hydrogen) atoms. The highest BCUT2D eigenvalue weighted by Crippen LogP contribution is 2.32. The average molecular weight is 244 g/mol. The minimum absolute atomic E-state index is 0.368. The van der Waals surface area contributed by atoms with Gasteiger partial charge in [-0.2, -0.15) is 0 Å². The highest BCUT2D eigenvalue weighted by atomic mass is 19.1. The molecule has 0 fully saturated rings. The lowest BCUT2D eigenvalue weighted by Gasteiger charge is -2.11. The SMILES string of the molecule is CCOc1ccccc1-c1cc(C=O)ccc1F. The fourth-order valence-electron chi connectivity index (χ4n) is 1.79. The van der Waals surface area contributed by atoms with Gasteiger partial charge in [-0.3, -0.25) is 4.79 Å². The second-order valence-electron chi connectivity index (χ2n) is 3.79. The zero-order chi connectivity index (χ0) is 13.0. The van der Waals surface area contributed by atoms with E-state index in [1.807, 2.05) is 19.1 Å². The van der Waals surface area contributed by atoms with Crippen molar-refractivity contribution in [3.05, 3.63) is 53.8 Å². The van der Waals surface area contributed by atoms with Crippen LogP contribution in [-0.4, -0.2) is 12.9 Å². The van der Waals surface area contributed by atoms with E-state index in [9.17, 15) is 9.18 Å². The van der Waals surface area contributed by atoms with Crippen molar-refractivity contribution in [1.29, 1.82) is 0 Å². The summed E-state index contributed by atoms with van der Waals surface area (Å²) in [5.41, 5.74) is 1.47. The Bertz CT molecular complexity index is 564. The summed E-state index contributed by atoms with van der Waals surface area (Å²) in [6.45, 7) is 2.38. The molecule has 2 rings (SSSR count). The molecule has 0 radical (unpaired) electrons. The zero-order valence-corrected chi connectivity index (χ0v) is 10.0. The quantitative estimate of drug-likeness (QED) is 0.766. The molecule has 2 aromatic rings. The third-order valence-electron chi connectivity index (χ3n) is 2.60. The molecule has 3 heteroatoms. The highest BCUT2D eigenvalue weighted by Gasteiger charge is 2.11. The molecule has 0 spiro atoms. The molecule has 0 unspecified atom stereocenters. The van der Waals surface area contributed by atoms with Gasteiger partial charge in [0, 0.05) is 16.7 Å². The van der Waals surface area contributed by atoms with Crippen LogP contribution in [0, 0.1) is 5.82 Å². The Morgan fingerprint density at radius 2 is 1.94 bits per heavy atom. The number of ether oxygens (including phenoxy) is 1. The van der Waals surface area contributed by atoms with Crippen LogP contribution in [0.4, 0.5) is 4.39 Å². The minimum Gasteiger partial charge on any atom is -0.493 e. The topological polar surface area (TPSA) is 26.3 Å². The number of para-hydroxylation sites is 1. The van der Waals surface area contributed by atoms with Crippen molar-refractivity contribution >= 4 is 6.29 Å². The van der Waals surface area contributed by atoms with Gasteiger partial charge in [-0.25, -0.2) is 4.39 Å². The van der Waals surface area contributed by atoms with Crippen molar-refractivity contribution in [3.8, 4) is 16.9 Å². The van der Waals surface area contributed by atoms with Crippen LogP contribution in [0.25, 0.3) is 11.1 Å². The van der Waals surface area contributed by atoms with Gasteiger partial charge in [0.25, 0.3) is 0 Å². The second-order valence-corrected chi connectivity index (χ2v) is 3.79. The van der Waals surface area contributed by atoms with E-state index in [0.717, 1.165) is 0 Å². The molecule has 0 aliphatic carbocycles. The highest BCUT2D eigenvalue weighted by molar-refractivity contribution is 5.80. The molecule has 0 N–H and O–H groups in total. The third kappa shape index (κ3) is 2.40. The first-order chi connectivity index (χ1) is 8.76. The number of aldehydes is 1. The summed E-state index contributed by atoms with van der Waals surface area (Å²) in [7, 11) is 0. The van der Waals surface area contributed by atoms with Crippen LogP contribution in [0.15, 0.2) is 42.5 Å². The zero-order valence-electron chi connectivity index (χ0n) is 10.0. The first-order valence-corrected chi connectivity index (χ1v) is 5.73. The van der Waals surface area contributed by atoms with Crippen LogP contribution in [0.2, 0.25) is 0 Å². The van der Waals surface area contributed by atoms with Gasteiger partial charge in [0.15, 0.2) is 0 Å². The van der Waals surface area contributed by atoms with Crippen LogP contribution < -0.4 is 4.74 Å². The summed E-state index contributed by atoms with van der Waals surface area (Å²) in [6.07, 6.45) is 0.701. The van der Waals surface area contributed by atoms with E-state index in [4.69, 9.17) is 4.74 Å². The normalized spacial score (nSPS) is 10.1. The van der Waals surface area contributed by atoms with Crippen LogP contribution in [-0.2, 0) is 0 Å². The van der Waals surface area contributed by atoms with Gasteiger partial charge in [0.1, 0.15) is 17.9 Å². The fourth-order valence-corrected chi connectivity index (χ4v) is 1.79. The maximum atomic E-state index is 13.8. The van der Waals surface area contributed by atoms with E-state index >= 15 is 0 Å². The molecule has 0 aromatic heterocycles. The molecular formula is C15H13FO2. The van der Waals surface area contributed by atoms with Crippen molar-refractivity contribution < 1.29 is 13.9 Å². The predicted octanol–water partition coefficient (Wildman–Crippen LogP) is 3.70. The average Bonchev–Trinajstić information content (AvgIpc) is 2.41. The molecule has 0 aliphatic heterocycles. The van der Waals surface area contributed by atoms with Crippen LogP contribution in [0.1, 0.15) is 17.3 Å². The molecule has 0 heterocycles. The van der Waals surface area contributed by atoms with E-state index in [1.165, 1.54) is 18.2 Å². The lowest BCUT2D eigenvalue weighted by atomic mass is 10.0. The van der Waals surface area contributed by atoms with Crippen molar-refractivity contribution in [2.45, 2.75) is 6.92 Å². The summed E-state index contributed by atoms with van der Waals surface area (Å²) in [5.74, 6) is 0.245.